The fourth-order valence-electron chi connectivity index (χ4n) is 2.82. The Morgan fingerprint density at radius 2 is 1.48 bits per heavy atom. The fourth-order valence-corrected chi connectivity index (χ4v) is 2.82. The zero-order chi connectivity index (χ0) is 19.6. The lowest BCUT2D eigenvalue weighted by Gasteiger charge is -2.44. The smallest absolute Gasteiger partial charge is 0.417 e. The minimum Gasteiger partial charge on any atom is -0.446 e. The number of amides is 2. The summed E-state index contributed by atoms with van der Waals surface area (Å²) in [5.74, 6) is -1.21. The number of imide groups is 1. The average molecular weight is 367 g/mol. The van der Waals surface area contributed by atoms with Gasteiger partial charge < -0.3 is 9.47 Å². The van der Waals surface area contributed by atoms with Crippen LogP contribution in [0.1, 0.15) is 42.7 Å². The highest BCUT2D eigenvalue weighted by molar-refractivity contribution is 6.03. The predicted octanol–water partition coefficient (Wildman–Crippen LogP) is 3.73. The van der Waals surface area contributed by atoms with Crippen LogP contribution in [0.5, 0.6) is 0 Å². The number of benzene rings is 2. The van der Waals surface area contributed by atoms with Crippen LogP contribution in [0, 0.1) is 0 Å². The molecule has 6 heteroatoms. The van der Waals surface area contributed by atoms with Crippen molar-refractivity contribution in [3.05, 3.63) is 71.8 Å². The summed E-state index contributed by atoms with van der Waals surface area (Å²) in [6, 6.07) is 16.7. The van der Waals surface area contributed by atoms with Crippen molar-refractivity contribution in [3.8, 4) is 0 Å². The quantitative estimate of drug-likeness (QED) is 0.610. The fraction of sp³-hybridized carbons (Fsp3) is 0.286. The van der Waals surface area contributed by atoms with Gasteiger partial charge in [0.15, 0.2) is 0 Å². The zero-order valence-electron chi connectivity index (χ0n) is 15.4. The number of likely N-dealkylation sites (tertiary alicyclic amines) is 1. The van der Waals surface area contributed by atoms with Gasteiger partial charge in [0.25, 0.3) is 5.91 Å². The van der Waals surface area contributed by atoms with Crippen LogP contribution in [-0.2, 0) is 14.3 Å². The summed E-state index contributed by atoms with van der Waals surface area (Å²) in [7, 11) is 0. The van der Waals surface area contributed by atoms with E-state index in [1.165, 1.54) is 0 Å². The molecule has 1 aliphatic heterocycles. The predicted molar refractivity (Wildman–Crippen MR) is 97.9 cm³/mol. The molecule has 27 heavy (non-hydrogen) atoms. The Kier molecular flexibility index (Phi) is 4.99. The van der Waals surface area contributed by atoms with E-state index in [0.29, 0.717) is 11.1 Å². The molecule has 0 aromatic heterocycles. The number of esters is 1. The molecule has 2 amide bonds. The maximum atomic E-state index is 12.6. The van der Waals surface area contributed by atoms with Gasteiger partial charge in [0.05, 0.1) is 5.56 Å². The second kappa shape index (κ2) is 7.23. The molecule has 1 fully saturated rings. The third kappa shape index (κ3) is 4.00. The third-order valence-electron chi connectivity index (χ3n) is 4.02. The molecule has 1 heterocycles. The summed E-state index contributed by atoms with van der Waals surface area (Å²) in [6.45, 7) is 5.17. The van der Waals surface area contributed by atoms with E-state index in [-0.39, 0.29) is 0 Å². The first-order valence-electron chi connectivity index (χ1n) is 8.65. The van der Waals surface area contributed by atoms with Gasteiger partial charge in [0.2, 0.25) is 6.10 Å². The molecule has 0 unspecified atom stereocenters. The average Bonchev–Trinajstić information content (AvgIpc) is 2.63. The van der Waals surface area contributed by atoms with Crippen LogP contribution in [0.2, 0.25) is 0 Å². The second-order valence-corrected chi connectivity index (χ2v) is 7.24. The molecule has 1 aliphatic rings. The number of ether oxygens (including phenoxy) is 2. The van der Waals surface area contributed by atoms with E-state index in [1.54, 1.807) is 75.4 Å². The summed E-state index contributed by atoms with van der Waals surface area (Å²) in [6.07, 6.45) is -1.83. The molecule has 0 saturated carbocycles. The highest BCUT2D eigenvalue weighted by atomic mass is 16.6. The lowest BCUT2D eigenvalue weighted by Crippen LogP contribution is -2.63. The first-order valence-corrected chi connectivity index (χ1v) is 8.65. The first kappa shape index (κ1) is 18.6. The molecular weight excluding hydrogens is 346 g/mol. The van der Waals surface area contributed by atoms with Crippen LogP contribution in [0.25, 0.3) is 0 Å². The van der Waals surface area contributed by atoms with E-state index in [2.05, 4.69) is 0 Å². The maximum absolute atomic E-state index is 12.6. The molecule has 2 aromatic carbocycles. The van der Waals surface area contributed by atoms with E-state index in [1.807, 2.05) is 6.07 Å². The zero-order valence-corrected chi connectivity index (χ0v) is 15.4. The third-order valence-corrected chi connectivity index (χ3v) is 4.02. The topological polar surface area (TPSA) is 72.9 Å². The Bertz CT molecular complexity index is 842. The molecule has 3 rings (SSSR count). The standard InChI is InChI=1S/C21H21NO5/c1-21(2,3)27-20(25)22-16(14-10-6-4-7-11-14)17(18(22)23)26-19(24)15-12-8-5-9-13-15/h4-13,16-17H,1-3H3/t16-,17+/m1/s1. The van der Waals surface area contributed by atoms with Crippen molar-refractivity contribution in [3.63, 3.8) is 0 Å². The molecule has 0 spiro atoms. The Morgan fingerprint density at radius 3 is 2.04 bits per heavy atom. The summed E-state index contributed by atoms with van der Waals surface area (Å²) in [5.41, 5.74) is 0.284. The molecule has 0 aliphatic carbocycles. The summed E-state index contributed by atoms with van der Waals surface area (Å²) >= 11 is 0. The van der Waals surface area contributed by atoms with Crippen molar-refractivity contribution in [1.29, 1.82) is 0 Å². The molecule has 2 aromatic rings. The van der Waals surface area contributed by atoms with E-state index in [4.69, 9.17) is 9.47 Å². The molecule has 1 saturated heterocycles. The van der Waals surface area contributed by atoms with Crippen molar-refractivity contribution < 1.29 is 23.9 Å². The largest absolute Gasteiger partial charge is 0.446 e. The van der Waals surface area contributed by atoms with Gasteiger partial charge in [-0.05, 0) is 38.5 Å². The van der Waals surface area contributed by atoms with Gasteiger partial charge in [-0.2, -0.15) is 0 Å². The van der Waals surface area contributed by atoms with Crippen LogP contribution in [0.15, 0.2) is 60.7 Å². The number of hydrogen-bond donors (Lipinski definition) is 0. The minimum absolute atomic E-state index is 0.341. The van der Waals surface area contributed by atoms with Crippen molar-refractivity contribution in [2.24, 2.45) is 0 Å². The number of nitrogens with zero attached hydrogens (tertiary/aromatic N) is 1. The molecule has 6 nitrogen and oxygen atoms in total. The van der Waals surface area contributed by atoms with Crippen LogP contribution in [0.3, 0.4) is 0 Å². The van der Waals surface area contributed by atoms with Crippen LogP contribution >= 0.6 is 0 Å². The highest BCUT2D eigenvalue weighted by Gasteiger charge is 2.55. The van der Waals surface area contributed by atoms with Gasteiger partial charge in [-0.25, -0.2) is 14.5 Å². The monoisotopic (exact) mass is 367 g/mol. The lowest BCUT2D eigenvalue weighted by atomic mass is 9.91. The molecule has 0 N–H and O–H groups in total. The van der Waals surface area contributed by atoms with Crippen LogP contribution in [-0.4, -0.2) is 34.6 Å². The number of β-lactam (4-membered cyclic amide) rings is 1. The molecule has 2 atom stereocenters. The second-order valence-electron chi connectivity index (χ2n) is 7.24. The van der Waals surface area contributed by atoms with Crippen molar-refractivity contribution in [1.82, 2.24) is 4.90 Å². The summed E-state index contributed by atoms with van der Waals surface area (Å²) < 4.78 is 10.8. The first-order chi connectivity index (χ1) is 12.8. The molecular formula is C21H21NO5. The van der Waals surface area contributed by atoms with Crippen molar-refractivity contribution in [2.75, 3.05) is 0 Å². The normalized spacial score (nSPS) is 19.2. The van der Waals surface area contributed by atoms with Gasteiger partial charge in [0, 0.05) is 0 Å². The highest BCUT2D eigenvalue weighted by Crippen LogP contribution is 2.38. The molecule has 0 bridgehead atoms. The number of hydrogen-bond acceptors (Lipinski definition) is 5. The van der Waals surface area contributed by atoms with Crippen LogP contribution < -0.4 is 0 Å². The maximum Gasteiger partial charge on any atom is 0.417 e. The van der Waals surface area contributed by atoms with E-state index >= 15 is 0 Å². The van der Waals surface area contributed by atoms with Gasteiger partial charge >= 0.3 is 12.1 Å². The minimum atomic E-state index is -1.08. The lowest BCUT2D eigenvalue weighted by molar-refractivity contribution is -0.165. The Balaban J connectivity index is 1.84. The van der Waals surface area contributed by atoms with E-state index < -0.39 is 35.7 Å². The van der Waals surface area contributed by atoms with Crippen molar-refractivity contribution in [2.45, 2.75) is 38.5 Å². The van der Waals surface area contributed by atoms with Crippen molar-refractivity contribution >= 4 is 18.0 Å². The van der Waals surface area contributed by atoms with Gasteiger partial charge in [0.1, 0.15) is 11.6 Å². The van der Waals surface area contributed by atoms with Gasteiger partial charge in [-0.15, -0.1) is 0 Å². The Hall–Kier alpha value is -3.15. The Labute approximate surface area is 157 Å². The molecule has 0 radical (unpaired) electrons. The van der Waals surface area contributed by atoms with Crippen LogP contribution in [0.4, 0.5) is 4.79 Å². The van der Waals surface area contributed by atoms with Gasteiger partial charge in [-0.3, -0.25) is 4.79 Å². The SMILES string of the molecule is CC(C)(C)OC(=O)N1C(=O)[C@@H](OC(=O)c2ccccc2)[C@H]1c1ccccc1. The number of carbonyl (C=O) groups excluding carboxylic acids is 3. The number of carbonyl (C=O) groups is 3. The van der Waals surface area contributed by atoms with E-state index in [9.17, 15) is 14.4 Å². The van der Waals surface area contributed by atoms with E-state index in [0.717, 1.165) is 4.90 Å². The van der Waals surface area contributed by atoms with Gasteiger partial charge in [-0.1, -0.05) is 48.5 Å². The Morgan fingerprint density at radius 1 is 0.926 bits per heavy atom. The number of rotatable bonds is 3. The summed E-state index contributed by atoms with van der Waals surface area (Å²) in [5, 5.41) is 0. The molecule has 140 valence electrons. The summed E-state index contributed by atoms with van der Waals surface area (Å²) in [4.78, 5) is 38.4.